The molecule has 1 atom stereocenters. The van der Waals surface area contributed by atoms with Crippen LogP contribution in [0.4, 0.5) is 0 Å². The minimum Gasteiger partial charge on any atom is -0.481 e. The summed E-state index contributed by atoms with van der Waals surface area (Å²) in [4.78, 5) is 24.5. The number of carboxylic acids is 1. The minimum absolute atomic E-state index is 0.00948. The molecule has 0 aromatic carbocycles. The zero-order chi connectivity index (χ0) is 13.1. The van der Waals surface area contributed by atoms with E-state index in [1.54, 1.807) is 11.8 Å². The maximum atomic E-state index is 12.3. The van der Waals surface area contributed by atoms with Gasteiger partial charge in [-0.25, -0.2) is 0 Å². The number of carbonyl (C=O) groups is 2. The normalized spacial score (nSPS) is 18.5. The molecule has 1 fully saturated rings. The molecule has 0 heterocycles. The van der Waals surface area contributed by atoms with Crippen LogP contribution in [-0.4, -0.2) is 40.0 Å². The van der Waals surface area contributed by atoms with E-state index >= 15 is 0 Å². The maximum Gasteiger partial charge on any atom is 0.305 e. The fourth-order valence-electron chi connectivity index (χ4n) is 2.01. The molecule has 1 aliphatic carbocycles. The van der Waals surface area contributed by atoms with E-state index in [9.17, 15) is 9.59 Å². The third-order valence-electron chi connectivity index (χ3n) is 3.07. The lowest BCUT2D eigenvalue weighted by molar-refractivity contribution is -0.140. The van der Waals surface area contributed by atoms with Crippen LogP contribution < -0.4 is 5.73 Å². The van der Waals surface area contributed by atoms with Crippen molar-refractivity contribution >= 4 is 11.9 Å². The van der Waals surface area contributed by atoms with E-state index in [4.69, 9.17) is 10.8 Å². The molecule has 0 aromatic rings. The average molecular weight is 242 g/mol. The van der Waals surface area contributed by atoms with E-state index < -0.39 is 11.5 Å². The van der Waals surface area contributed by atoms with Gasteiger partial charge in [-0.2, -0.15) is 0 Å². The van der Waals surface area contributed by atoms with Gasteiger partial charge in [-0.3, -0.25) is 9.59 Å². The van der Waals surface area contributed by atoms with Crippen LogP contribution in [0.25, 0.3) is 0 Å². The van der Waals surface area contributed by atoms with Gasteiger partial charge in [-0.05, 0) is 26.2 Å². The molecule has 0 aliphatic heterocycles. The summed E-state index contributed by atoms with van der Waals surface area (Å²) in [6.07, 6.45) is 3.39. The second-order valence-electron chi connectivity index (χ2n) is 5.04. The van der Waals surface area contributed by atoms with Crippen LogP contribution in [0, 0.1) is 0 Å². The lowest BCUT2D eigenvalue weighted by Gasteiger charge is -2.31. The molecule has 1 unspecified atom stereocenters. The number of hydrogen-bond donors (Lipinski definition) is 2. The number of nitrogens with two attached hydrogens (primary N) is 1. The zero-order valence-electron chi connectivity index (χ0n) is 10.6. The summed E-state index contributed by atoms with van der Waals surface area (Å²) in [5.74, 6) is -0.985. The van der Waals surface area contributed by atoms with E-state index in [0.29, 0.717) is 6.42 Å². The monoisotopic (exact) mass is 242 g/mol. The molecule has 17 heavy (non-hydrogen) atoms. The lowest BCUT2D eigenvalue weighted by Crippen LogP contribution is -2.54. The summed E-state index contributed by atoms with van der Waals surface area (Å²) in [6.45, 7) is 3.99. The van der Waals surface area contributed by atoms with Gasteiger partial charge in [0.15, 0.2) is 0 Å². The summed E-state index contributed by atoms with van der Waals surface area (Å²) < 4.78 is 0. The first-order chi connectivity index (χ1) is 7.88. The summed E-state index contributed by atoms with van der Waals surface area (Å²) in [5, 5.41) is 8.68. The summed E-state index contributed by atoms with van der Waals surface area (Å²) >= 11 is 0. The third kappa shape index (κ3) is 4.00. The highest BCUT2D eigenvalue weighted by atomic mass is 16.4. The quantitative estimate of drug-likeness (QED) is 0.696. The molecule has 98 valence electrons. The molecule has 0 bridgehead atoms. The highest BCUT2D eigenvalue weighted by Gasteiger charge is 2.39. The van der Waals surface area contributed by atoms with Gasteiger partial charge in [-0.1, -0.05) is 13.3 Å². The standard InChI is InChI=1S/C12H22N2O3/c1-3-7-12(2,13)11(17)14(9-4-5-9)8-6-10(15)16/h9H,3-8,13H2,1-2H3,(H,15,16). The van der Waals surface area contributed by atoms with Crippen LogP contribution in [0.15, 0.2) is 0 Å². The van der Waals surface area contributed by atoms with Gasteiger partial charge < -0.3 is 15.7 Å². The predicted octanol–water partition coefficient (Wildman–Crippen LogP) is 0.970. The number of aliphatic carboxylic acids is 1. The summed E-state index contributed by atoms with van der Waals surface area (Å²) in [6, 6.07) is 0.210. The van der Waals surface area contributed by atoms with Crippen LogP contribution in [0.2, 0.25) is 0 Å². The van der Waals surface area contributed by atoms with E-state index in [1.165, 1.54) is 0 Å². The molecule has 1 aliphatic rings. The first-order valence-electron chi connectivity index (χ1n) is 6.20. The van der Waals surface area contributed by atoms with Gasteiger partial charge in [0.25, 0.3) is 0 Å². The molecule has 1 saturated carbocycles. The van der Waals surface area contributed by atoms with Gasteiger partial charge in [0.05, 0.1) is 12.0 Å². The topological polar surface area (TPSA) is 83.6 Å². The number of nitrogens with zero attached hydrogens (tertiary/aromatic N) is 1. The van der Waals surface area contributed by atoms with Crippen LogP contribution in [-0.2, 0) is 9.59 Å². The fraction of sp³-hybridized carbons (Fsp3) is 0.833. The molecule has 3 N–H and O–H groups in total. The molecular formula is C12H22N2O3. The number of carbonyl (C=O) groups excluding carboxylic acids is 1. The molecule has 0 radical (unpaired) electrons. The first kappa shape index (κ1) is 14.0. The molecule has 5 nitrogen and oxygen atoms in total. The van der Waals surface area contributed by atoms with E-state index in [1.807, 2.05) is 6.92 Å². The Morgan fingerprint density at radius 3 is 2.47 bits per heavy atom. The number of carboxylic acid groups (broad SMARTS) is 1. The second-order valence-corrected chi connectivity index (χ2v) is 5.04. The molecular weight excluding hydrogens is 220 g/mol. The molecule has 1 amide bonds. The Morgan fingerprint density at radius 2 is 2.06 bits per heavy atom. The lowest BCUT2D eigenvalue weighted by atomic mass is 9.95. The van der Waals surface area contributed by atoms with Crippen LogP contribution >= 0.6 is 0 Å². The second kappa shape index (κ2) is 5.49. The van der Waals surface area contributed by atoms with Crippen molar-refractivity contribution in [2.24, 2.45) is 5.73 Å². The van der Waals surface area contributed by atoms with Crippen molar-refractivity contribution in [3.8, 4) is 0 Å². The molecule has 0 aromatic heterocycles. The van der Waals surface area contributed by atoms with Crippen LogP contribution in [0.5, 0.6) is 0 Å². The Morgan fingerprint density at radius 1 is 1.47 bits per heavy atom. The van der Waals surface area contributed by atoms with Gasteiger partial charge in [0.2, 0.25) is 5.91 Å². The number of rotatable bonds is 7. The molecule has 1 rings (SSSR count). The molecule has 0 spiro atoms. The first-order valence-corrected chi connectivity index (χ1v) is 6.20. The smallest absolute Gasteiger partial charge is 0.305 e. The Bertz CT molecular complexity index is 298. The minimum atomic E-state index is -0.877. The van der Waals surface area contributed by atoms with E-state index in [0.717, 1.165) is 19.3 Å². The van der Waals surface area contributed by atoms with Gasteiger partial charge in [-0.15, -0.1) is 0 Å². The van der Waals surface area contributed by atoms with E-state index in [-0.39, 0.29) is 24.9 Å². The highest BCUT2D eigenvalue weighted by Crippen LogP contribution is 2.29. The van der Waals surface area contributed by atoms with Crippen molar-refractivity contribution in [3.05, 3.63) is 0 Å². The van der Waals surface area contributed by atoms with Crippen molar-refractivity contribution < 1.29 is 14.7 Å². The Kier molecular flexibility index (Phi) is 4.51. The van der Waals surface area contributed by atoms with Gasteiger partial charge in [0.1, 0.15) is 0 Å². The number of hydrogen-bond acceptors (Lipinski definition) is 3. The van der Waals surface area contributed by atoms with Crippen molar-refractivity contribution in [3.63, 3.8) is 0 Å². The molecule has 5 heteroatoms. The Labute approximate surface area is 102 Å². The number of amides is 1. The summed E-state index contributed by atoms with van der Waals surface area (Å²) in [7, 11) is 0. The van der Waals surface area contributed by atoms with Crippen molar-refractivity contribution in [2.45, 2.75) is 57.5 Å². The van der Waals surface area contributed by atoms with Crippen molar-refractivity contribution in [1.82, 2.24) is 4.90 Å². The summed E-state index contributed by atoms with van der Waals surface area (Å²) in [5.41, 5.74) is 5.14. The van der Waals surface area contributed by atoms with Gasteiger partial charge >= 0.3 is 5.97 Å². The SMILES string of the molecule is CCCC(C)(N)C(=O)N(CCC(=O)O)C1CC1. The van der Waals surface area contributed by atoms with E-state index in [2.05, 4.69) is 0 Å². The van der Waals surface area contributed by atoms with Crippen molar-refractivity contribution in [2.75, 3.05) is 6.54 Å². The largest absolute Gasteiger partial charge is 0.481 e. The van der Waals surface area contributed by atoms with Crippen LogP contribution in [0.1, 0.15) is 46.0 Å². The van der Waals surface area contributed by atoms with Crippen molar-refractivity contribution in [1.29, 1.82) is 0 Å². The van der Waals surface area contributed by atoms with Gasteiger partial charge in [0, 0.05) is 12.6 Å². The van der Waals surface area contributed by atoms with Crippen LogP contribution in [0.3, 0.4) is 0 Å². The third-order valence-corrected chi connectivity index (χ3v) is 3.07. The zero-order valence-corrected chi connectivity index (χ0v) is 10.6. The Hall–Kier alpha value is -1.10. The highest BCUT2D eigenvalue weighted by molar-refractivity contribution is 5.86. The average Bonchev–Trinajstić information content (AvgIpc) is 3.01. The Balaban J connectivity index is 2.63. The predicted molar refractivity (Wildman–Crippen MR) is 64.5 cm³/mol. The maximum absolute atomic E-state index is 12.3. The fourth-order valence-corrected chi connectivity index (χ4v) is 2.01. The molecule has 0 saturated heterocycles.